The highest BCUT2D eigenvalue weighted by atomic mass is 79.9. The molecule has 0 aromatic heterocycles. The van der Waals surface area contributed by atoms with E-state index in [1.807, 2.05) is 31.2 Å². The average Bonchev–Trinajstić information content (AvgIpc) is 2.63. The molecule has 0 spiro atoms. The summed E-state index contributed by atoms with van der Waals surface area (Å²) in [7, 11) is 0. The van der Waals surface area contributed by atoms with Crippen molar-refractivity contribution in [1.29, 1.82) is 0 Å². The minimum absolute atomic E-state index is 0.157. The lowest BCUT2D eigenvalue weighted by Gasteiger charge is -2.30. The lowest BCUT2D eigenvalue weighted by atomic mass is 9.92. The first kappa shape index (κ1) is 19.6. The van der Waals surface area contributed by atoms with E-state index < -0.39 is 0 Å². The first-order chi connectivity index (χ1) is 12.8. The van der Waals surface area contributed by atoms with Gasteiger partial charge in [0, 0.05) is 15.9 Å². The van der Waals surface area contributed by atoms with Gasteiger partial charge >= 0.3 is 0 Å². The first-order valence-electron chi connectivity index (χ1n) is 8.80. The molecular formula is C21H22BrN3OS. The van der Waals surface area contributed by atoms with Crippen LogP contribution in [0.2, 0.25) is 0 Å². The molecule has 0 aliphatic carbocycles. The van der Waals surface area contributed by atoms with Crippen LogP contribution in [-0.4, -0.2) is 11.0 Å². The number of rotatable bonds is 4. The summed E-state index contributed by atoms with van der Waals surface area (Å²) in [5, 5.41) is 9.79. The van der Waals surface area contributed by atoms with Crippen LogP contribution in [0, 0.1) is 0 Å². The van der Waals surface area contributed by atoms with Crippen LogP contribution in [0.3, 0.4) is 0 Å². The Hall–Kier alpha value is -2.18. The van der Waals surface area contributed by atoms with Crippen LogP contribution in [0.4, 0.5) is 5.69 Å². The molecule has 1 aliphatic heterocycles. The van der Waals surface area contributed by atoms with Gasteiger partial charge in [-0.05, 0) is 60.5 Å². The minimum atomic E-state index is -0.296. The van der Waals surface area contributed by atoms with Gasteiger partial charge in [0.05, 0.1) is 11.6 Å². The zero-order valence-corrected chi connectivity index (χ0v) is 17.9. The summed E-state index contributed by atoms with van der Waals surface area (Å²) in [6, 6.07) is 15.5. The molecule has 3 N–H and O–H groups in total. The zero-order valence-electron chi connectivity index (χ0n) is 15.5. The van der Waals surface area contributed by atoms with Gasteiger partial charge in [0.1, 0.15) is 0 Å². The summed E-state index contributed by atoms with van der Waals surface area (Å²) in [6.07, 6.45) is 0. The molecule has 1 atom stereocenters. The maximum absolute atomic E-state index is 13.0. The van der Waals surface area contributed by atoms with Gasteiger partial charge in [0.15, 0.2) is 5.11 Å². The average molecular weight is 444 g/mol. The highest BCUT2D eigenvalue weighted by Crippen LogP contribution is 2.29. The predicted molar refractivity (Wildman–Crippen MR) is 118 cm³/mol. The summed E-state index contributed by atoms with van der Waals surface area (Å²) in [5.41, 5.74) is 4.39. The number of halogens is 1. The van der Waals surface area contributed by atoms with Gasteiger partial charge in [-0.1, -0.05) is 54.0 Å². The molecule has 6 heteroatoms. The SMILES string of the molecule is CC1=C(C(=O)Nc2ccc(Br)cc2)[C@@H](c2ccc(C(C)C)cc2)NC(=S)N1. The lowest BCUT2D eigenvalue weighted by Crippen LogP contribution is -2.45. The molecule has 0 unspecified atom stereocenters. The number of thiocarbonyl (C=S) groups is 1. The number of hydrogen-bond donors (Lipinski definition) is 3. The van der Waals surface area contributed by atoms with Crippen LogP contribution in [0.5, 0.6) is 0 Å². The van der Waals surface area contributed by atoms with Crippen molar-refractivity contribution in [2.75, 3.05) is 5.32 Å². The van der Waals surface area contributed by atoms with E-state index in [4.69, 9.17) is 12.2 Å². The Morgan fingerprint density at radius 1 is 1.11 bits per heavy atom. The number of allylic oxidation sites excluding steroid dienone is 1. The minimum Gasteiger partial charge on any atom is -0.351 e. The van der Waals surface area contributed by atoms with Crippen molar-refractivity contribution in [2.24, 2.45) is 0 Å². The summed E-state index contributed by atoms with van der Waals surface area (Å²) >= 11 is 8.72. The van der Waals surface area contributed by atoms with Gasteiger partial charge in [-0.3, -0.25) is 4.79 Å². The third-order valence-electron chi connectivity index (χ3n) is 4.55. The summed E-state index contributed by atoms with van der Waals surface area (Å²) < 4.78 is 0.963. The van der Waals surface area contributed by atoms with Gasteiger partial charge in [0.2, 0.25) is 0 Å². The van der Waals surface area contributed by atoms with Gasteiger partial charge in [-0.15, -0.1) is 0 Å². The van der Waals surface area contributed by atoms with Gasteiger partial charge < -0.3 is 16.0 Å². The highest BCUT2D eigenvalue weighted by molar-refractivity contribution is 9.10. The van der Waals surface area contributed by atoms with E-state index in [1.165, 1.54) is 5.56 Å². The quantitative estimate of drug-likeness (QED) is 0.581. The molecule has 0 saturated carbocycles. The topological polar surface area (TPSA) is 53.2 Å². The van der Waals surface area contributed by atoms with E-state index >= 15 is 0 Å². The van der Waals surface area contributed by atoms with Crippen LogP contribution in [0.25, 0.3) is 0 Å². The van der Waals surface area contributed by atoms with Crippen molar-refractivity contribution in [2.45, 2.75) is 32.7 Å². The van der Waals surface area contributed by atoms with Gasteiger partial charge in [0.25, 0.3) is 5.91 Å². The maximum Gasteiger partial charge on any atom is 0.255 e. The molecule has 140 valence electrons. The number of carbonyl (C=O) groups excluding carboxylic acids is 1. The Kier molecular flexibility index (Phi) is 5.97. The Labute approximate surface area is 173 Å². The normalized spacial score (nSPS) is 16.8. The molecule has 1 heterocycles. The van der Waals surface area contributed by atoms with Crippen molar-refractivity contribution in [3.8, 4) is 0 Å². The van der Waals surface area contributed by atoms with Crippen molar-refractivity contribution in [1.82, 2.24) is 10.6 Å². The first-order valence-corrected chi connectivity index (χ1v) is 10.0. The van der Waals surface area contributed by atoms with E-state index in [-0.39, 0.29) is 11.9 Å². The van der Waals surface area contributed by atoms with E-state index in [1.54, 1.807) is 0 Å². The second-order valence-corrected chi connectivity index (χ2v) is 8.18. The highest BCUT2D eigenvalue weighted by Gasteiger charge is 2.29. The second-order valence-electron chi connectivity index (χ2n) is 6.85. The molecule has 2 aromatic rings. The fourth-order valence-corrected chi connectivity index (χ4v) is 3.59. The third-order valence-corrected chi connectivity index (χ3v) is 5.30. The summed E-state index contributed by atoms with van der Waals surface area (Å²) in [6.45, 7) is 6.20. The maximum atomic E-state index is 13.0. The fourth-order valence-electron chi connectivity index (χ4n) is 3.05. The summed E-state index contributed by atoms with van der Waals surface area (Å²) in [4.78, 5) is 13.0. The molecule has 1 aliphatic rings. The van der Waals surface area contributed by atoms with Crippen LogP contribution in [0.1, 0.15) is 43.9 Å². The molecule has 27 heavy (non-hydrogen) atoms. The van der Waals surface area contributed by atoms with Gasteiger partial charge in [-0.25, -0.2) is 0 Å². The van der Waals surface area contributed by atoms with Crippen LogP contribution >= 0.6 is 28.1 Å². The van der Waals surface area contributed by atoms with Crippen LogP contribution in [0.15, 0.2) is 64.3 Å². The van der Waals surface area contributed by atoms with E-state index in [2.05, 4.69) is 70.0 Å². The van der Waals surface area contributed by atoms with Crippen molar-refractivity contribution < 1.29 is 4.79 Å². The van der Waals surface area contributed by atoms with Crippen molar-refractivity contribution in [3.63, 3.8) is 0 Å². The van der Waals surface area contributed by atoms with Crippen LogP contribution in [-0.2, 0) is 4.79 Å². The Morgan fingerprint density at radius 3 is 2.33 bits per heavy atom. The second kappa shape index (κ2) is 8.23. The zero-order chi connectivity index (χ0) is 19.6. The van der Waals surface area contributed by atoms with Gasteiger partial charge in [-0.2, -0.15) is 0 Å². The number of carbonyl (C=O) groups is 1. The summed E-state index contributed by atoms with van der Waals surface area (Å²) in [5.74, 6) is 0.300. The van der Waals surface area contributed by atoms with Crippen molar-refractivity contribution in [3.05, 3.63) is 75.4 Å². The van der Waals surface area contributed by atoms with E-state index in [0.29, 0.717) is 16.6 Å². The Morgan fingerprint density at radius 2 is 1.74 bits per heavy atom. The number of benzene rings is 2. The molecule has 0 radical (unpaired) electrons. The molecular weight excluding hydrogens is 422 g/mol. The molecule has 2 aromatic carbocycles. The Balaban J connectivity index is 1.91. The molecule has 0 saturated heterocycles. The smallest absolute Gasteiger partial charge is 0.255 e. The van der Waals surface area contributed by atoms with Crippen molar-refractivity contribution >= 4 is 44.9 Å². The number of hydrogen-bond acceptors (Lipinski definition) is 2. The molecule has 0 fully saturated rings. The molecule has 4 nitrogen and oxygen atoms in total. The largest absolute Gasteiger partial charge is 0.351 e. The molecule has 0 bridgehead atoms. The Bertz CT molecular complexity index is 889. The van der Waals surface area contributed by atoms with E-state index in [0.717, 1.165) is 21.4 Å². The third kappa shape index (κ3) is 4.57. The molecule has 3 rings (SSSR count). The number of nitrogens with one attached hydrogen (secondary N) is 3. The fraction of sp³-hybridized carbons (Fsp3) is 0.238. The standard InChI is InChI=1S/C21H22BrN3OS/c1-12(2)14-4-6-15(7-5-14)19-18(13(3)23-21(27)25-19)20(26)24-17-10-8-16(22)9-11-17/h4-12,19H,1-3H3,(H,24,26)(H2,23,25,27)/t19-/m1/s1. The monoisotopic (exact) mass is 443 g/mol. The lowest BCUT2D eigenvalue weighted by molar-refractivity contribution is -0.113. The van der Waals surface area contributed by atoms with Crippen LogP contribution < -0.4 is 16.0 Å². The number of anilines is 1. The predicted octanol–water partition coefficient (Wildman–Crippen LogP) is 5.00. The van der Waals surface area contributed by atoms with E-state index in [9.17, 15) is 4.79 Å². The number of amides is 1. The molecule has 1 amide bonds.